The normalized spacial score (nSPS) is 23.2. The summed E-state index contributed by atoms with van der Waals surface area (Å²) in [5.41, 5.74) is 0.0636. The molecular formula is C18H26FN3O3S. The number of likely N-dealkylation sites (tertiary alicyclic amines) is 1. The third-order valence-corrected chi connectivity index (χ3v) is 7.04. The van der Waals surface area contributed by atoms with Crippen LogP contribution in [0.4, 0.5) is 4.39 Å². The van der Waals surface area contributed by atoms with Crippen LogP contribution in [0, 0.1) is 5.82 Å². The van der Waals surface area contributed by atoms with E-state index in [0.29, 0.717) is 32.5 Å². The third-order valence-electron chi connectivity index (χ3n) is 5.25. The Morgan fingerprint density at radius 3 is 2.46 bits per heavy atom. The van der Waals surface area contributed by atoms with Crippen LogP contribution in [0.1, 0.15) is 49.4 Å². The summed E-state index contributed by atoms with van der Waals surface area (Å²) in [5.74, 6) is -0.867. The Balaban J connectivity index is 1.57. The minimum Gasteiger partial charge on any atom is -0.338 e. The quantitative estimate of drug-likeness (QED) is 0.866. The van der Waals surface area contributed by atoms with Crippen molar-refractivity contribution >= 4 is 16.1 Å². The number of nitrogens with one attached hydrogen (secondary N) is 1. The molecule has 0 unspecified atom stereocenters. The topological polar surface area (TPSA) is 69.7 Å². The number of rotatable bonds is 4. The van der Waals surface area contributed by atoms with E-state index >= 15 is 0 Å². The number of halogens is 1. The summed E-state index contributed by atoms with van der Waals surface area (Å²) in [7, 11) is -3.51. The van der Waals surface area contributed by atoms with Crippen LogP contribution in [0.5, 0.6) is 0 Å². The zero-order chi connectivity index (χ0) is 18.7. The van der Waals surface area contributed by atoms with Gasteiger partial charge in [-0.3, -0.25) is 4.79 Å². The molecule has 26 heavy (non-hydrogen) atoms. The number of piperidine rings is 2. The van der Waals surface area contributed by atoms with Crippen molar-refractivity contribution < 1.29 is 17.6 Å². The highest BCUT2D eigenvalue weighted by molar-refractivity contribution is 7.87. The highest BCUT2D eigenvalue weighted by Crippen LogP contribution is 2.21. The number of carbonyl (C=O) groups excluding carboxylic acids is 1. The molecule has 144 valence electrons. The number of nitrogens with zero attached hydrogens (tertiary/aromatic N) is 2. The molecule has 0 saturated carbocycles. The summed E-state index contributed by atoms with van der Waals surface area (Å²) < 4.78 is 43.4. The second-order valence-corrected chi connectivity index (χ2v) is 8.78. The van der Waals surface area contributed by atoms with Crippen LogP contribution in [0.3, 0.4) is 0 Å². The number of hydrogen-bond donors (Lipinski definition) is 1. The summed E-state index contributed by atoms with van der Waals surface area (Å²) >= 11 is 0. The SMILES string of the molecule is C[C@H]1CCCCN1S(=O)(=O)NC1CCN(C(=O)c2ccccc2F)CC1. The van der Waals surface area contributed by atoms with E-state index < -0.39 is 16.0 Å². The van der Waals surface area contributed by atoms with Gasteiger partial charge in [-0.2, -0.15) is 17.4 Å². The second-order valence-electron chi connectivity index (χ2n) is 7.12. The molecule has 3 rings (SSSR count). The Hall–Kier alpha value is -1.51. The van der Waals surface area contributed by atoms with Crippen molar-refractivity contribution in [1.29, 1.82) is 0 Å². The Morgan fingerprint density at radius 2 is 1.81 bits per heavy atom. The van der Waals surface area contributed by atoms with Crippen LogP contribution < -0.4 is 4.72 Å². The Morgan fingerprint density at radius 1 is 1.12 bits per heavy atom. The first-order valence-electron chi connectivity index (χ1n) is 9.21. The fourth-order valence-corrected chi connectivity index (χ4v) is 5.45. The lowest BCUT2D eigenvalue weighted by atomic mass is 10.0. The molecule has 2 aliphatic heterocycles. The van der Waals surface area contributed by atoms with Crippen LogP contribution in [0.2, 0.25) is 0 Å². The summed E-state index contributed by atoms with van der Waals surface area (Å²) in [6.45, 7) is 3.32. The molecule has 0 spiro atoms. The fourth-order valence-electron chi connectivity index (χ4n) is 3.71. The average Bonchev–Trinajstić information content (AvgIpc) is 2.62. The van der Waals surface area contributed by atoms with Crippen molar-refractivity contribution in [2.24, 2.45) is 0 Å². The second kappa shape index (κ2) is 8.02. The van der Waals surface area contributed by atoms with Crippen LogP contribution in [-0.2, 0) is 10.2 Å². The summed E-state index contributed by atoms with van der Waals surface area (Å²) in [6.07, 6.45) is 3.89. The minimum atomic E-state index is -3.51. The van der Waals surface area contributed by atoms with Gasteiger partial charge in [0.1, 0.15) is 5.82 Å². The molecule has 1 atom stereocenters. The molecule has 2 aliphatic rings. The Bertz CT molecular complexity index is 748. The van der Waals surface area contributed by atoms with Crippen LogP contribution in [0.15, 0.2) is 24.3 Å². The monoisotopic (exact) mass is 383 g/mol. The summed E-state index contributed by atoms with van der Waals surface area (Å²) in [4.78, 5) is 14.0. The van der Waals surface area contributed by atoms with E-state index in [4.69, 9.17) is 0 Å². The van der Waals surface area contributed by atoms with Crippen LogP contribution >= 0.6 is 0 Å². The highest BCUT2D eigenvalue weighted by atomic mass is 32.2. The smallest absolute Gasteiger partial charge is 0.279 e. The molecule has 0 radical (unpaired) electrons. The molecule has 2 saturated heterocycles. The van der Waals surface area contributed by atoms with Crippen molar-refractivity contribution in [3.05, 3.63) is 35.6 Å². The lowest BCUT2D eigenvalue weighted by molar-refractivity contribution is 0.0706. The molecule has 1 aromatic rings. The number of benzene rings is 1. The van der Waals surface area contributed by atoms with E-state index in [-0.39, 0.29) is 23.6 Å². The van der Waals surface area contributed by atoms with Gasteiger partial charge in [0.15, 0.2) is 0 Å². The summed E-state index contributed by atoms with van der Waals surface area (Å²) in [5, 5.41) is 0. The van der Waals surface area contributed by atoms with Gasteiger partial charge in [-0.05, 0) is 44.7 Å². The van der Waals surface area contributed by atoms with Gasteiger partial charge in [0, 0.05) is 31.7 Å². The fraction of sp³-hybridized carbons (Fsp3) is 0.611. The van der Waals surface area contributed by atoms with E-state index in [1.54, 1.807) is 21.3 Å². The minimum absolute atomic E-state index is 0.0176. The first-order chi connectivity index (χ1) is 12.4. The predicted molar refractivity (Wildman–Crippen MR) is 97.4 cm³/mol. The van der Waals surface area contributed by atoms with Gasteiger partial charge < -0.3 is 4.90 Å². The lowest BCUT2D eigenvalue weighted by Gasteiger charge is -2.36. The molecule has 2 fully saturated rings. The predicted octanol–water partition coefficient (Wildman–Crippen LogP) is 2.14. The van der Waals surface area contributed by atoms with Gasteiger partial charge in [0.2, 0.25) is 0 Å². The zero-order valence-electron chi connectivity index (χ0n) is 15.0. The first kappa shape index (κ1) is 19.3. The molecule has 1 amide bonds. The van der Waals surface area contributed by atoms with Crippen LogP contribution in [0.25, 0.3) is 0 Å². The van der Waals surface area contributed by atoms with Gasteiger partial charge in [-0.25, -0.2) is 4.39 Å². The Kier molecular flexibility index (Phi) is 5.94. The largest absolute Gasteiger partial charge is 0.338 e. The number of hydrogen-bond acceptors (Lipinski definition) is 3. The molecule has 8 heteroatoms. The standard InChI is InChI=1S/C18H26FN3O3S/c1-14-6-4-5-11-22(14)26(24,25)20-15-9-12-21(13-10-15)18(23)16-7-2-3-8-17(16)19/h2-3,7-8,14-15,20H,4-6,9-13H2,1H3/t14-/m0/s1. The number of amides is 1. The third kappa shape index (κ3) is 4.24. The van der Waals surface area contributed by atoms with Gasteiger partial charge in [-0.15, -0.1) is 0 Å². The lowest BCUT2D eigenvalue weighted by Crippen LogP contribution is -2.53. The van der Waals surface area contributed by atoms with Crippen molar-refractivity contribution in [1.82, 2.24) is 13.9 Å². The van der Waals surface area contributed by atoms with Gasteiger partial charge >= 0.3 is 0 Å². The maximum atomic E-state index is 13.8. The van der Waals surface area contributed by atoms with Crippen LogP contribution in [-0.4, -0.2) is 55.2 Å². The van der Waals surface area contributed by atoms with Crippen molar-refractivity contribution in [3.8, 4) is 0 Å². The first-order valence-corrected chi connectivity index (χ1v) is 10.7. The zero-order valence-corrected chi connectivity index (χ0v) is 15.8. The molecule has 0 bridgehead atoms. The van der Waals surface area contributed by atoms with E-state index in [9.17, 15) is 17.6 Å². The molecule has 1 N–H and O–H groups in total. The molecule has 1 aromatic carbocycles. The van der Waals surface area contributed by atoms with E-state index in [1.807, 2.05) is 6.92 Å². The van der Waals surface area contributed by atoms with Gasteiger partial charge in [0.25, 0.3) is 16.1 Å². The van der Waals surface area contributed by atoms with Gasteiger partial charge in [0.05, 0.1) is 5.56 Å². The molecule has 2 heterocycles. The highest BCUT2D eigenvalue weighted by Gasteiger charge is 2.33. The number of carbonyl (C=O) groups is 1. The van der Waals surface area contributed by atoms with Crippen molar-refractivity contribution in [2.75, 3.05) is 19.6 Å². The molecular weight excluding hydrogens is 357 g/mol. The molecule has 0 aliphatic carbocycles. The van der Waals surface area contributed by atoms with E-state index in [0.717, 1.165) is 19.3 Å². The molecule has 6 nitrogen and oxygen atoms in total. The summed E-state index contributed by atoms with van der Waals surface area (Å²) in [6, 6.07) is 5.76. The van der Waals surface area contributed by atoms with E-state index in [2.05, 4.69) is 4.72 Å². The van der Waals surface area contributed by atoms with E-state index in [1.165, 1.54) is 12.1 Å². The van der Waals surface area contributed by atoms with Gasteiger partial charge in [-0.1, -0.05) is 18.6 Å². The Labute approximate surface area is 154 Å². The maximum absolute atomic E-state index is 13.8. The van der Waals surface area contributed by atoms with Crippen molar-refractivity contribution in [2.45, 2.75) is 51.1 Å². The average molecular weight is 383 g/mol. The van der Waals surface area contributed by atoms with Crippen molar-refractivity contribution in [3.63, 3.8) is 0 Å². The maximum Gasteiger partial charge on any atom is 0.279 e. The molecule has 0 aromatic heterocycles.